The number of nitrogens with two attached hydrogens (primary N) is 2. The number of carbonyl (C=O) groups excluding carboxylic acids is 7. The molecular formula is C34H59N10O14PS. The van der Waals surface area contributed by atoms with E-state index in [1.165, 1.54) is 17.4 Å². The van der Waals surface area contributed by atoms with Crippen LogP contribution in [0.2, 0.25) is 0 Å². The van der Waals surface area contributed by atoms with Crippen LogP contribution in [0.1, 0.15) is 52.1 Å². The van der Waals surface area contributed by atoms with Crippen molar-refractivity contribution in [3.8, 4) is 0 Å². The topological polar surface area (TPSA) is 369 Å². The van der Waals surface area contributed by atoms with E-state index in [0.717, 1.165) is 6.92 Å². The van der Waals surface area contributed by atoms with Gasteiger partial charge in [0.1, 0.15) is 30.2 Å². The minimum atomic E-state index is -5.11. The Bertz CT molecular complexity index is 1620. The van der Waals surface area contributed by atoms with Crippen LogP contribution in [0.15, 0.2) is 12.5 Å². The molecule has 1 fully saturated rings. The molecule has 0 aromatic carbocycles. The monoisotopic (exact) mass is 894 g/mol. The Hall–Kier alpha value is -4.20. The van der Waals surface area contributed by atoms with Gasteiger partial charge in [-0.1, -0.05) is 13.8 Å². The van der Waals surface area contributed by atoms with E-state index in [4.69, 9.17) is 30.7 Å². The molecule has 60 heavy (non-hydrogen) atoms. The number of aromatic nitrogens is 2. The summed E-state index contributed by atoms with van der Waals surface area (Å²) in [6, 6.07) is -7.71. The zero-order valence-corrected chi connectivity index (χ0v) is 35.5. The van der Waals surface area contributed by atoms with Gasteiger partial charge in [0.05, 0.1) is 57.9 Å². The molecule has 0 bridgehead atoms. The second kappa shape index (κ2) is 26.2. The van der Waals surface area contributed by atoms with Gasteiger partial charge in [-0.3, -0.25) is 38.1 Å². The van der Waals surface area contributed by atoms with E-state index in [1.54, 1.807) is 0 Å². The first-order valence-electron chi connectivity index (χ1n) is 19.2. The number of nitrogens with zero attached hydrogens (tertiary/aromatic N) is 2. The number of ether oxygens (including phenoxy) is 2. The largest absolute Gasteiger partial charge is 0.469 e. The van der Waals surface area contributed by atoms with Crippen molar-refractivity contribution >= 4 is 61.8 Å². The number of hydrogen-bond donors (Lipinski definition) is 12. The number of hydrogen-bond acceptors (Lipinski definition) is 15. The van der Waals surface area contributed by atoms with Gasteiger partial charge in [-0.15, -0.1) is 0 Å². The average molecular weight is 895 g/mol. The van der Waals surface area contributed by atoms with Crippen molar-refractivity contribution in [3.63, 3.8) is 0 Å². The number of likely N-dealkylation sites (tertiary alicyclic amines) is 1. The van der Waals surface area contributed by atoms with Crippen LogP contribution in [-0.2, 0) is 58.5 Å². The van der Waals surface area contributed by atoms with Gasteiger partial charge < -0.3 is 72.3 Å². The molecule has 0 aliphatic carbocycles. The maximum atomic E-state index is 13.8. The van der Waals surface area contributed by atoms with Gasteiger partial charge in [-0.2, -0.15) is 12.6 Å². The lowest BCUT2D eigenvalue weighted by molar-refractivity contribution is -0.140. The molecule has 0 radical (unpaired) electrons. The fourth-order valence-electron chi connectivity index (χ4n) is 5.91. The number of H-pyrrole nitrogens is 1. The third-order valence-corrected chi connectivity index (χ3v) is 9.93. The van der Waals surface area contributed by atoms with Gasteiger partial charge in [-0.25, -0.2) is 9.55 Å². The Morgan fingerprint density at radius 3 is 2.17 bits per heavy atom. The maximum Gasteiger partial charge on any atom is 0.469 e. The Labute approximate surface area is 352 Å². The van der Waals surface area contributed by atoms with E-state index in [1.807, 2.05) is 13.8 Å². The molecule has 2 heterocycles. The zero-order chi connectivity index (χ0) is 45.0. The summed E-state index contributed by atoms with van der Waals surface area (Å²) in [5.41, 5.74) is 11.2. The predicted octanol–water partition coefficient (Wildman–Crippen LogP) is -4.30. The predicted molar refractivity (Wildman–Crippen MR) is 214 cm³/mol. The Kier molecular flexibility index (Phi) is 22.7. The number of imidazole rings is 1. The molecule has 7 atom stereocenters. The molecule has 1 unspecified atom stereocenters. The summed E-state index contributed by atoms with van der Waals surface area (Å²) in [6.07, 6.45) is 1.89. The summed E-state index contributed by atoms with van der Waals surface area (Å²) in [5, 5.41) is 22.3. The van der Waals surface area contributed by atoms with E-state index < -0.39 is 86.3 Å². The number of aliphatic hydroxyl groups is 1. The highest BCUT2D eigenvalue weighted by molar-refractivity contribution is 7.80. The molecule has 2 rings (SSSR count). The Balaban J connectivity index is 2.05. The third kappa shape index (κ3) is 18.6. The minimum absolute atomic E-state index is 0.0159. The van der Waals surface area contributed by atoms with Crippen LogP contribution in [0.3, 0.4) is 0 Å². The second-order valence-electron chi connectivity index (χ2n) is 14.3. The summed E-state index contributed by atoms with van der Waals surface area (Å²) >= 11 is 3.97. The number of phosphoric ester groups is 1. The smallest absolute Gasteiger partial charge is 0.394 e. The summed E-state index contributed by atoms with van der Waals surface area (Å²) in [5.74, 6) is -5.31. The second-order valence-corrected chi connectivity index (χ2v) is 15.8. The van der Waals surface area contributed by atoms with Gasteiger partial charge in [0.2, 0.25) is 41.4 Å². The van der Waals surface area contributed by atoms with Gasteiger partial charge in [0.25, 0.3) is 0 Å². The number of carbonyl (C=O) groups is 7. The Morgan fingerprint density at radius 1 is 0.950 bits per heavy atom. The third-order valence-electron chi connectivity index (χ3n) is 8.93. The van der Waals surface area contributed by atoms with E-state index in [2.05, 4.69) is 53.7 Å². The molecule has 0 saturated carbocycles. The molecular weight excluding hydrogens is 835 g/mol. The highest BCUT2D eigenvalue weighted by Crippen LogP contribution is 2.38. The molecule has 0 spiro atoms. The standard InChI is InChI=1S/C34H59N10O14PS/c1-19(2)13-23(41-34(52)26-5-4-8-44(26)27(46)6-9-56-11-12-57-10-7-38-30(48)22(35)17-60)31(49)40-24(14-21-15-37-18-39-21)32(50)42-25(16-45)33(51)43-28(29(36)47)20(3)58-59(53,54)55/h15,18-20,22-26,28,45,60H,4-14,16-17,35H2,1-3H3,(H2,36,47)(H,37,39)(H,38,48)(H,40,49)(H,41,52)(H,42,50)(H,43,51)(H2,53,54,55)/t20?,22-,23-,24-,25-,26-,28-/m0/s1. The van der Waals surface area contributed by atoms with Crippen molar-refractivity contribution in [2.75, 3.05) is 51.9 Å². The highest BCUT2D eigenvalue weighted by atomic mass is 32.1. The number of rotatable bonds is 28. The van der Waals surface area contributed by atoms with Crippen LogP contribution in [0.25, 0.3) is 0 Å². The first-order chi connectivity index (χ1) is 28.3. The number of primary amides is 1. The normalized spacial score (nSPS) is 17.1. The molecule has 1 aliphatic rings. The van der Waals surface area contributed by atoms with Crippen molar-refractivity contribution in [2.45, 2.75) is 95.2 Å². The fourth-order valence-corrected chi connectivity index (χ4v) is 6.63. The number of amides is 7. The van der Waals surface area contributed by atoms with E-state index >= 15 is 0 Å². The molecule has 340 valence electrons. The minimum Gasteiger partial charge on any atom is -0.394 e. The van der Waals surface area contributed by atoms with Crippen molar-refractivity contribution in [1.29, 1.82) is 0 Å². The first-order valence-corrected chi connectivity index (χ1v) is 21.4. The van der Waals surface area contributed by atoms with E-state index in [9.17, 15) is 43.2 Å². The molecule has 1 aromatic heterocycles. The van der Waals surface area contributed by atoms with Gasteiger partial charge in [0.15, 0.2) is 0 Å². The van der Waals surface area contributed by atoms with E-state index in [0.29, 0.717) is 25.1 Å². The summed E-state index contributed by atoms with van der Waals surface area (Å²) in [4.78, 5) is 117. The highest BCUT2D eigenvalue weighted by Gasteiger charge is 2.38. The first kappa shape index (κ1) is 51.9. The lowest BCUT2D eigenvalue weighted by Crippen LogP contribution is -2.61. The summed E-state index contributed by atoms with van der Waals surface area (Å²) in [6.45, 7) is 4.94. The molecule has 7 amide bonds. The van der Waals surface area contributed by atoms with Crippen molar-refractivity contribution < 1.29 is 67.0 Å². The molecule has 26 heteroatoms. The van der Waals surface area contributed by atoms with Crippen LogP contribution in [-0.4, -0.2) is 165 Å². The van der Waals surface area contributed by atoms with Gasteiger partial charge in [0, 0.05) is 37.2 Å². The van der Waals surface area contributed by atoms with Crippen molar-refractivity contribution in [2.24, 2.45) is 17.4 Å². The molecule has 24 nitrogen and oxygen atoms in total. The average Bonchev–Trinajstić information content (AvgIpc) is 3.89. The quantitative estimate of drug-likeness (QED) is 0.0215. The van der Waals surface area contributed by atoms with Crippen LogP contribution in [0, 0.1) is 5.92 Å². The zero-order valence-electron chi connectivity index (χ0n) is 33.7. The molecule has 13 N–H and O–H groups in total. The lowest BCUT2D eigenvalue weighted by Gasteiger charge is -2.28. The van der Waals surface area contributed by atoms with Crippen LogP contribution < -0.4 is 38.1 Å². The van der Waals surface area contributed by atoms with Crippen molar-refractivity contribution in [1.82, 2.24) is 41.5 Å². The molecule has 1 saturated heterocycles. The van der Waals surface area contributed by atoms with Crippen LogP contribution in [0.5, 0.6) is 0 Å². The number of phosphoric acid groups is 1. The van der Waals surface area contributed by atoms with Crippen molar-refractivity contribution in [3.05, 3.63) is 18.2 Å². The molecule has 1 aromatic rings. The lowest BCUT2D eigenvalue weighted by atomic mass is 10.0. The van der Waals surface area contributed by atoms with Crippen LogP contribution in [0.4, 0.5) is 0 Å². The number of nitrogens with one attached hydrogen (secondary N) is 6. The summed E-state index contributed by atoms with van der Waals surface area (Å²) in [7, 11) is -5.11. The maximum absolute atomic E-state index is 13.8. The SMILES string of the molecule is CC(C)C[C@H](NC(=O)[C@@H]1CCCN1C(=O)CCOCCOCCNC(=O)[C@@H](N)CS)C(=O)N[C@@H](Cc1cnc[nH]1)C(=O)N[C@@H](CO)C(=O)N[C@H](C(N)=O)C(C)OP(=O)(O)O. The van der Waals surface area contributed by atoms with E-state index in [-0.39, 0.29) is 75.7 Å². The fraction of sp³-hybridized carbons (Fsp3) is 0.706. The van der Waals surface area contributed by atoms with Gasteiger partial charge >= 0.3 is 7.82 Å². The van der Waals surface area contributed by atoms with Gasteiger partial charge in [-0.05, 0) is 32.1 Å². The number of aromatic amines is 1. The number of aliphatic hydroxyl groups excluding tert-OH is 1. The summed E-state index contributed by atoms with van der Waals surface area (Å²) < 4.78 is 26.6. The van der Waals surface area contributed by atoms with Crippen LogP contribution >= 0.6 is 20.5 Å². The number of thiol groups is 1. The Morgan fingerprint density at radius 2 is 1.58 bits per heavy atom. The molecule has 1 aliphatic heterocycles.